The Morgan fingerprint density at radius 2 is 1.88 bits per heavy atom. The number of carbonyl (C=O) groups excluding carboxylic acids is 1. The molecule has 1 aromatic rings. The van der Waals surface area contributed by atoms with Gasteiger partial charge in [0, 0.05) is 30.5 Å². The Morgan fingerprint density at radius 3 is 2.33 bits per heavy atom. The molecule has 1 aromatic carbocycles. The van der Waals surface area contributed by atoms with E-state index in [0.29, 0.717) is 11.3 Å². The van der Waals surface area contributed by atoms with Crippen LogP contribution in [0.15, 0.2) is 18.2 Å². The molecule has 0 bridgehead atoms. The lowest BCUT2D eigenvalue weighted by molar-refractivity contribution is -0.133. The molecular weight excluding hydrogens is 300 g/mol. The SMILES string of the molecule is CN(C)c1c(C#N)ccc(OC2C(C)(C)CC2(C)C)c1/C=C\C=O. The van der Waals surface area contributed by atoms with Crippen LogP contribution in [-0.4, -0.2) is 26.5 Å². The molecule has 1 aliphatic carbocycles. The van der Waals surface area contributed by atoms with Crippen molar-refractivity contribution in [3.8, 4) is 11.8 Å². The van der Waals surface area contributed by atoms with Crippen molar-refractivity contribution >= 4 is 18.0 Å². The molecule has 0 atom stereocenters. The lowest BCUT2D eigenvalue weighted by Gasteiger charge is -2.56. The number of nitriles is 1. The van der Waals surface area contributed by atoms with E-state index >= 15 is 0 Å². The molecule has 0 aromatic heterocycles. The Balaban J connectivity index is 2.54. The van der Waals surface area contributed by atoms with Crippen molar-refractivity contribution in [1.82, 2.24) is 0 Å². The summed E-state index contributed by atoms with van der Waals surface area (Å²) < 4.78 is 6.40. The number of aldehydes is 1. The fourth-order valence-electron chi connectivity index (χ4n) is 4.29. The molecule has 0 N–H and O–H groups in total. The van der Waals surface area contributed by atoms with Gasteiger partial charge in [-0.3, -0.25) is 4.79 Å². The van der Waals surface area contributed by atoms with Gasteiger partial charge in [0.2, 0.25) is 0 Å². The highest BCUT2D eigenvalue weighted by atomic mass is 16.5. The van der Waals surface area contributed by atoms with Gasteiger partial charge in [-0.25, -0.2) is 0 Å². The zero-order valence-corrected chi connectivity index (χ0v) is 15.4. The maximum atomic E-state index is 10.8. The third kappa shape index (κ3) is 3.17. The van der Waals surface area contributed by atoms with E-state index in [1.54, 1.807) is 12.1 Å². The van der Waals surface area contributed by atoms with Crippen LogP contribution in [0, 0.1) is 22.2 Å². The summed E-state index contributed by atoms with van der Waals surface area (Å²) in [5.41, 5.74) is 2.29. The number of allylic oxidation sites excluding steroid dienone is 1. The molecule has 1 saturated carbocycles. The molecule has 0 radical (unpaired) electrons. The molecular formula is C20H26N2O2. The molecule has 0 heterocycles. The van der Waals surface area contributed by atoms with Gasteiger partial charge in [-0.2, -0.15) is 5.26 Å². The highest BCUT2D eigenvalue weighted by Gasteiger charge is 2.55. The van der Waals surface area contributed by atoms with Crippen LogP contribution in [0.5, 0.6) is 5.75 Å². The van der Waals surface area contributed by atoms with Crippen LogP contribution in [0.4, 0.5) is 5.69 Å². The minimum absolute atomic E-state index is 0.0799. The smallest absolute Gasteiger partial charge is 0.142 e. The second kappa shape index (κ2) is 6.32. The van der Waals surface area contributed by atoms with Crippen LogP contribution < -0.4 is 9.64 Å². The van der Waals surface area contributed by atoms with Crippen LogP contribution in [0.25, 0.3) is 6.08 Å². The predicted octanol–water partition coefficient (Wildman–Crippen LogP) is 4.04. The first kappa shape index (κ1) is 18.1. The Bertz CT molecular complexity index is 695. The summed E-state index contributed by atoms with van der Waals surface area (Å²) in [5.74, 6) is 0.710. The van der Waals surface area contributed by atoms with Crippen molar-refractivity contribution in [2.24, 2.45) is 10.8 Å². The summed E-state index contributed by atoms with van der Waals surface area (Å²) >= 11 is 0. The van der Waals surface area contributed by atoms with Gasteiger partial charge >= 0.3 is 0 Å². The summed E-state index contributed by atoms with van der Waals surface area (Å²) in [6, 6.07) is 5.83. The molecule has 4 nitrogen and oxygen atoms in total. The first-order valence-electron chi connectivity index (χ1n) is 8.17. The number of nitrogens with zero attached hydrogens (tertiary/aromatic N) is 2. The minimum atomic E-state index is 0.0799. The van der Waals surface area contributed by atoms with E-state index in [0.717, 1.165) is 24.0 Å². The van der Waals surface area contributed by atoms with Gasteiger partial charge in [-0.15, -0.1) is 0 Å². The highest BCUT2D eigenvalue weighted by Crippen LogP contribution is 2.55. The number of rotatable bonds is 5. The third-order valence-corrected chi connectivity index (χ3v) is 4.66. The van der Waals surface area contributed by atoms with E-state index in [4.69, 9.17) is 4.74 Å². The minimum Gasteiger partial charge on any atom is -0.489 e. The lowest BCUT2D eigenvalue weighted by Crippen LogP contribution is -2.58. The van der Waals surface area contributed by atoms with Crippen LogP contribution in [0.3, 0.4) is 0 Å². The first-order valence-corrected chi connectivity index (χ1v) is 8.17. The molecule has 1 fully saturated rings. The van der Waals surface area contributed by atoms with Crippen LogP contribution in [0.2, 0.25) is 0 Å². The van der Waals surface area contributed by atoms with Crippen molar-refractivity contribution in [2.45, 2.75) is 40.2 Å². The van der Waals surface area contributed by atoms with Gasteiger partial charge in [0.05, 0.1) is 11.3 Å². The largest absolute Gasteiger partial charge is 0.489 e. The number of hydrogen-bond donors (Lipinski definition) is 0. The van der Waals surface area contributed by atoms with Crippen LogP contribution in [-0.2, 0) is 4.79 Å². The van der Waals surface area contributed by atoms with Gasteiger partial charge in [0.25, 0.3) is 0 Å². The zero-order chi connectivity index (χ0) is 18.1. The van der Waals surface area contributed by atoms with Gasteiger partial charge in [-0.1, -0.05) is 27.7 Å². The number of hydrogen-bond acceptors (Lipinski definition) is 4. The molecule has 2 rings (SSSR count). The molecule has 0 aliphatic heterocycles. The zero-order valence-electron chi connectivity index (χ0n) is 15.4. The number of carbonyl (C=O) groups is 1. The van der Waals surface area contributed by atoms with E-state index in [9.17, 15) is 10.1 Å². The number of ether oxygens (including phenoxy) is 1. The maximum Gasteiger partial charge on any atom is 0.142 e. The second-order valence-electron chi connectivity index (χ2n) is 8.03. The van der Waals surface area contributed by atoms with Crippen molar-refractivity contribution in [3.63, 3.8) is 0 Å². The Kier molecular flexibility index (Phi) is 4.75. The average molecular weight is 326 g/mol. The lowest BCUT2D eigenvalue weighted by atomic mass is 9.53. The molecule has 4 heteroatoms. The summed E-state index contributed by atoms with van der Waals surface area (Å²) in [5, 5.41) is 9.40. The van der Waals surface area contributed by atoms with Crippen LogP contribution >= 0.6 is 0 Å². The number of anilines is 1. The predicted molar refractivity (Wildman–Crippen MR) is 97.2 cm³/mol. The molecule has 0 spiro atoms. The summed E-state index contributed by atoms with van der Waals surface area (Å²) in [6.07, 6.45) is 5.07. The van der Waals surface area contributed by atoms with Crippen molar-refractivity contribution in [3.05, 3.63) is 29.3 Å². The molecule has 128 valence electrons. The molecule has 0 amide bonds. The van der Waals surface area contributed by atoms with Gasteiger partial charge in [0.15, 0.2) is 0 Å². The molecule has 1 aliphatic rings. The van der Waals surface area contributed by atoms with Crippen molar-refractivity contribution in [1.29, 1.82) is 5.26 Å². The van der Waals surface area contributed by atoms with E-state index in [-0.39, 0.29) is 16.9 Å². The van der Waals surface area contributed by atoms with Gasteiger partial charge in [0.1, 0.15) is 24.2 Å². The van der Waals surface area contributed by atoms with E-state index < -0.39 is 0 Å². The molecule has 0 saturated heterocycles. The standard InChI is InChI=1S/C20H26N2O2/c1-19(2)13-20(3,4)18(19)24-16-10-9-14(12-21)17(22(5)6)15(16)8-7-11-23/h7-11,18H,13H2,1-6H3/b8-7-. The average Bonchev–Trinajstić information content (AvgIpc) is 2.48. The van der Waals surface area contributed by atoms with Gasteiger partial charge in [-0.05, 0) is 30.7 Å². The van der Waals surface area contributed by atoms with E-state index in [1.807, 2.05) is 25.1 Å². The van der Waals surface area contributed by atoms with Crippen LogP contribution in [0.1, 0.15) is 45.2 Å². The van der Waals surface area contributed by atoms with Crippen molar-refractivity contribution < 1.29 is 9.53 Å². The highest BCUT2D eigenvalue weighted by molar-refractivity contribution is 5.83. The third-order valence-electron chi connectivity index (χ3n) is 4.66. The van der Waals surface area contributed by atoms with E-state index in [2.05, 4.69) is 33.8 Å². The van der Waals surface area contributed by atoms with Gasteiger partial charge < -0.3 is 9.64 Å². The maximum absolute atomic E-state index is 10.8. The summed E-state index contributed by atoms with van der Waals surface area (Å²) in [4.78, 5) is 12.7. The fraction of sp³-hybridized carbons (Fsp3) is 0.500. The number of benzene rings is 1. The molecule has 24 heavy (non-hydrogen) atoms. The summed E-state index contributed by atoms with van der Waals surface area (Å²) in [6.45, 7) is 8.83. The monoisotopic (exact) mass is 326 g/mol. The topological polar surface area (TPSA) is 53.3 Å². The second-order valence-corrected chi connectivity index (χ2v) is 8.03. The normalized spacial score (nSPS) is 18.7. The van der Waals surface area contributed by atoms with E-state index in [1.165, 1.54) is 6.08 Å². The Hall–Kier alpha value is -2.28. The summed E-state index contributed by atoms with van der Waals surface area (Å²) in [7, 11) is 3.77. The quantitative estimate of drug-likeness (QED) is 0.605. The van der Waals surface area contributed by atoms with Crippen molar-refractivity contribution in [2.75, 3.05) is 19.0 Å². The Labute approximate surface area is 144 Å². The molecule has 0 unspecified atom stereocenters. The Morgan fingerprint density at radius 1 is 1.25 bits per heavy atom. The first-order chi connectivity index (χ1) is 11.1. The fourth-order valence-corrected chi connectivity index (χ4v) is 4.29.